The summed E-state index contributed by atoms with van der Waals surface area (Å²) < 4.78 is 12.6. The van der Waals surface area contributed by atoms with E-state index >= 15 is 0 Å². The van der Waals surface area contributed by atoms with Gasteiger partial charge in [0.25, 0.3) is 0 Å². The standard InChI is InChI=1S/C21H23BrN4O2/c1-14-15(2)27-20(26-14)13-25-21(23-3)24-12-16-9-10-17(22)11-19(16)28-18-7-5-4-6-8-18/h4-11H,12-13H2,1-3H3,(H2,23,24,25). The van der Waals surface area contributed by atoms with Crippen LogP contribution in [0.15, 0.2) is 62.4 Å². The van der Waals surface area contributed by atoms with Crippen LogP contribution in [0.4, 0.5) is 0 Å². The van der Waals surface area contributed by atoms with Crippen molar-refractivity contribution in [3.05, 3.63) is 75.9 Å². The highest BCUT2D eigenvalue weighted by atomic mass is 79.9. The molecule has 7 heteroatoms. The minimum Gasteiger partial charge on any atom is -0.457 e. The number of rotatable bonds is 6. The molecule has 1 aromatic heterocycles. The number of aryl methyl sites for hydroxylation is 2. The molecule has 0 aliphatic carbocycles. The first kappa shape index (κ1) is 19.9. The predicted octanol–water partition coefficient (Wildman–Crippen LogP) is 4.71. The maximum Gasteiger partial charge on any atom is 0.214 e. The second kappa shape index (κ2) is 9.41. The van der Waals surface area contributed by atoms with Gasteiger partial charge < -0.3 is 19.8 Å². The monoisotopic (exact) mass is 442 g/mol. The number of aromatic nitrogens is 1. The molecular formula is C21H23BrN4O2. The fourth-order valence-electron chi connectivity index (χ4n) is 2.56. The van der Waals surface area contributed by atoms with Gasteiger partial charge in [-0.15, -0.1) is 0 Å². The molecule has 0 aliphatic rings. The van der Waals surface area contributed by atoms with Gasteiger partial charge in [0, 0.05) is 23.6 Å². The van der Waals surface area contributed by atoms with Crippen molar-refractivity contribution < 1.29 is 9.15 Å². The van der Waals surface area contributed by atoms with Crippen LogP contribution >= 0.6 is 15.9 Å². The third kappa shape index (κ3) is 5.36. The van der Waals surface area contributed by atoms with Crippen LogP contribution in [0.5, 0.6) is 11.5 Å². The molecule has 0 spiro atoms. The van der Waals surface area contributed by atoms with E-state index in [2.05, 4.69) is 36.5 Å². The number of aliphatic imine (C=N–C) groups is 1. The van der Waals surface area contributed by atoms with Crippen molar-refractivity contribution >= 4 is 21.9 Å². The molecule has 0 saturated carbocycles. The average Bonchev–Trinajstić information content (AvgIpc) is 3.01. The number of benzene rings is 2. The van der Waals surface area contributed by atoms with E-state index in [1.807, 2.05) is 62.4 Å². The Bertz CT molecular complexity index is 935. The molecule has 6 nitrogen and oxygen atoms in total. The normalized spacial score (nSPS) is 11.4. The zero-order valence-corrected chi connectivity index (χ0v) is 17.7. The number of oxazole rings is 1. The third-order valence-corrected chi connectivity index (χ3v) is 4.64. The summed E-state index contributed by atoms with van der Waals surface area (Å²) in [4.78, 5) is 8.62. The van der Waals surface area contributed by atoms with Crippen LogP contribution in [0.25, 0.3) is 0 Å². The van der Waals surface area contributed by atoms with E-state index in [0.29, 0.717) is 24.9 Å². The van der Waals surface area contributed by atoms with Gasteiger partial charge >= 0.3 is 0 Å². The lowest BCUT2D eigenvalue weighted by atomic mass is 10.2. The number of halogens is 1. The van der Waals surface area contributed by atoms with Crippen LogP contribution in [0.3, 0.4) is 0 Å². The number of nitrogens with one attached hydrogen (secondary N) is 2. The minimum absolute atomic E-state index is 0.460. The largest absolute Gasteiger partial charge is 0.457 e. The van der Waals surface area contributed by atoms with Gasteiger partial charge in [0.2, 0.25) is 5.89 Å². The molecule has 1 heterocycles. The number of nitrogens with zero attached hydrogens (tertiary/aromatic N) is 2. The lowest BCUT2D eigenvalue weighted by Crippen LogP contribution is -2.36. The Morgan fingerprint density at radius 3 is 2.54 bits per heavy atom. The Morgan fingerprint density at radius 1 is 1.11 bits per heavy atom. The maximum atomic E-state index is 6.05. The molecule has 146 valence electrons. The van der Waals surface area contributed by atoms with Gasteiger partial charge in [0.05, 0.1) is 12.2 Å². The number of guanidine groups is 1. The number of ether oxygens (including phenoxy) is 1. The topological polar surface area (TPSA) is 71.7 Å². The quantitative estimate of drug-likeness (QED) is 0.427. The lowest BCUT2D eigenvalue weighted by molar-refractivity contribution is 0.463. The molecule has 2 aromatic carbocycles. The van der Waals surface area contributed by atoms with Crippen LogP contribution < -0.4 is 15.4 Å². The Balaban J connectivity index is 1.63. The summed E-state index contributed by atoms with van der Waals surface area (Å²) in [5.41, 5.74) is 1.91. The summed E-state index contributed by atoms with van der Waals surface area (Å²) in [6.07, 6.45) is 0. The molecule has 3 rings (SSSR count). The Kier molecular flexibility index (Phi) is 6.71. The predicted molar refractivity (Wildman–Crippen MR) is 114 cm³/mol. The molecule has 0 amide bonds. The van der Waals surface area contributed by atoms with Crippen molar-refractivity contribution in [2.75, 3.05) is 7.05 Å². The molecule has 3 aromatic rings. The van der Waals surface area contributed by atoms with Gasteiger partial charge in [-0.2, -0.15) is 0 Å². The molecule has 28 heavy (non-hydrogen) atoms. The van der Waals surface area contributed by atoms with Gasteiger partial charge in [-0.1, -0.05) is 40.2 Å². The number of para-hydroxylation sites is 1. The molecule has 0 atom stereocenters. The maximum absolute atomic E-state index is 6.05. The van der Waals surface area contributed by atoms with E-state index in [9.17, 15) is 0 Å². The first-order valence-corrected chi connectivity index (χ1v) is 9.73. The second-order valence-electron chi connectivity index (χ2n) is 6.20. The Morgan fingerprint density at radius 2 is 1.86 bits per heavy atom. The Hall–Kier alpha value is -2.80. The van der Waals surface area contributed by atoms with Crippen molar-refractivity contribution in [3.63, 3.8) is 0 Å². The molecule has 0 radical (unpaired) electrons. The highest BCUT2D eigenvalue weighted by Crippen LogP contribution is 2.28. The van der Waals surface area contributed by atoms with Gasteiger partial charge in [-0.3, -0.25) is 4.99 Å². The van der Waals surface area contributed by atoms with Crippen molar-refractivity contribution in [1.29, 1.82) is 0 Å². The van der Waals surface area contributed by atoms with Gasteiger partial charge in [-0.05, 0) is 38.1 Å². The molecule has 0 unspecified atom stereocenters. The van der Waals surface area contributed by atoms with E-state index in [4.69, 9.17) is 9.15 Å². The fourth-order valence-corrected chi connectivity index (χ4v) is 2.90. The number of hydrogen-bond donors (Lipinski definition) is 2. The van der Waals surface area contributed by atoms with E-state index < -0.39 is 0 Å². The zero-order chi connectivity index (χ0) is 19.9. The van der Waals surface area contributed by atoms with Gasteiger partial charge in [0.1, 0.15) is 17.3 Å². The molecule has 0 bridgehead atoms. The van der Waals surface area contributed by atoms with E-state index in [0.717, 1.165) is 33.0 Å². The first-order valence-electron chi connectivity index (χ1n) is 8.94. The molecule has 0 aliphatic heterocycles. The van der Waals surface area contributed by atoms with E-state index in [-0.39, 0.29) is 0 Å². The molecule has 0 fully saturated rings. The third-order valence-electron chi connectivity index (χ3n) is 4.15. The van der Waals surface area contributed by atoms with Gasteiger partial charge in [0.15, 0.2) is 5.96 Å². The molecule has 2 N–H and O–H groups in total. The summed E-state index contributed by atoms with van der Waals surface area (Å²) in [5, 5.41) is 6.51. The van der Waals surface area contributed by atoms with Crippen LogP contribution in [-0.2, 0) is 13.1 Å². The zero-order valence-electron chi connectivity index (χ0n) is 16.1. The fraction of sp³-hybridized carbons (Fsp3) is 0.238. The van der Waals surface area contributed by atoms with E-state index in [1.165, 1.54) is 0 Å². The summed E-state index contributed by atoms with van der Waals surface area (Å²) in [6, 6.07) is 15.7. The van der Waals surface area contributed by atoms with E-state index in [1.54, 1.807) is 7.05 Å². The molecular weight excluding hydrogens is 420 g/mol. The smallest absolute Gasteiger partial charge is 0.214 e. The highest BCUT2D eigenvalue weighted by Gasteiger charge is 2.09. The average molecular weight is 443 g/mol. The van der Waals surface area contributed by atoms with Crippen molar-refractivity contribution in [1.82, 2.24) is 15.6 Å². The highest BCUT2D eigenvalue weighted by molar-refractivity contribution is 9.10. The number of hydrogen-bond acceptors (Lipinski definition) is 4. The first-order chi connectivity index (χ1) is 13.5. The van der Waals surface area contributed by atoms with Crippen molar-refractivity contribution in [2.45, 2.75) is 26.9 Å². The van der Waals surface area contributed by atoms with Gasteiger partial charge in [-0.25, -0.2) is 4.98 Å². The lowest BCUT2D eigenvalue weighted by Gasteiger charge is -2.14. The summed E-state index contributed by atoms with van der Waals surface area (Å²) in [6.45, 7) is 4.85. The summed E-state index contributed by atoms with van der Waals surface area (Å²) in [5.74, 6) is 3.69. The van der Waals surface area contributed by atoms with Crippen LogP contribution in [0, 0.1) is 13.8 Å². The van der Waals surface area contributed by atoms with Crippen LogP contribution in [0.1, 0.15) is 22.9 Å². The van der Waals surface area contributed by atoms with Crippen LogP contribution in [0.2, 0.25) is 0 Å². The van der Waals surface area contributed by atoms with Crippen molar-refractivity contribution in [2.24, 2.45) is 4.99 Å². The minimum atomic E-state index is 0.460. The van der Waals surface area contributed by atoms with Crippen LogP contribution in [-0.4, -0.2) is 18.0 Å². The SMILES string of the molecule is CN=C(NCc1nc(C)c(C)o1)NCc1ccc(Br)cc1Oc1ccccc1. The Labute approximate surface area is 173 Å². The van der Waals surface area contributed by atoms with Crippen molar-refractivity contribution in [3.8, 4) is 11.5 Å². The molecule has 0 saturated heterocycles. The summed E-state index contributed by atoms with van der Waals surface area (Å²) >= 11 is 3.51. The second-order valence-corrected chi connectivity index (χ2v) is 7.11. The summed E-state index contributed by atoms with van der Waals surface area (Å²) in [7, 11) is 1.73.